The fourth-order valence-corrected chi connectivity index (χ4v) is 5.46. The van der Waals surface area contributed by atoms with Crippen molar-refractivity contribution < 1.29 is 0 Å². The Kier molecular flexibility index (Phi) is 4.25. The smallest absolute Gasteiger partial charge is 0.143 e. The lowest BCUT2D eigenvalue weighted by Crippen LogP contribution is -2.44. The first-order valence-electron chi connectivity index (χ1n) is 9.77. The molecule has 0 unspecified atom stereocenters. The number of likely N-dealkylation sites (N-methyl/N-ethyl adjacent to an activating group) is 1. The number of anilines is 3. The Morgan fingerprint density at radius 2 is 1.78 bits per heavy atom. The fraction of sp³-hybridized carbons (Fsp3) is 0.429. The average molecular weight is 380 g/mol. The van der Waals surface area contributed by atoms with Crippen LogP contribution in [0.5, 0.6) is 0 Å². The van der Waals surface area contributed by atoms with Crippen LogP contribution in [0.1, 0.15) is 22.7 Å². The van der Waals surface area contributed by atoms with Gasteiger partial charge in [-0.05, 0) is 63.1 Å². The van der Waals surface area contributed by atoms with Crippen LogP contribution in [-0.2, 0) is 12.8 Å². The van der Waals surface area contributed by atoms with Gasteiger partial charge in [0.15, 0.2) is 0 Å². The van der Waals surface area contributed by atoms with Crippen LogP contribution in [0.4, 0.5) is 17.2 Å². The Morgan fingerprint density at radius 1 is 1.00 bits per heavy atom. The molecule has 1 N–H and O–H groups in total. The van der Waals surface area contributed by atoms with Crippen LogP contribution in [-0.4, -0.2) is 48.1 Å². The molecule has 0 amide bonds. The van der Waals surface area contributed by atoms with Crippen molar-refractivity contribution in [2.45, 2.75) is 26.2 Å². The molecule has 1 fully saturated rings. The molecule has 27 heavy (non-hydrogen) atoms. The zero-order chi connectivity index (χ0) is 18.4. The van der Waals surface area contributed by atoms with E-state index >= 15 is 0 Å². The number of thiophene rings is 1. The van der Waals surface area contributed by atoms with Crippen LogP contribution in [0, 0.1) is 6.92 Å². The number of rotatable bonds is 3. The summed E-state index contributed by atoms with van der Waals surface area (Å²) in [7, 11) is 2.19. The van der Waals surface area contributed by atoms with Crippen molar-refractivity contribution in [3.05, 3.63) is 40.5 Å². The third-order valence-corrected chi connectivity index (χ3v) is 6.86. The highest BCUT2D eigenvalue weighted by Crippen LogP contribution is 2.40. The summed E-state index contributed by atoms with van der Waals surface area (Å²) in [6, 6.07) is 8.78. The first kappa shape index (κ1) is 17.0. The van der Waals surface area contributed by atoms with Gasteiger partial charge in [-0.15, -0.1) is 11.3 Å². The monoisotopic (exact) mass is 379 g/mol. The molecule has 0 saturated carbocycles. The molecule has 0 atom stereocenters. The van der Waals surface area contributed by atoms with Gasteiger partial charge < -0.3 is 15.1 Å². The van der Waals surface area contributed by atoms with Crippen molar-refractivity contribution in [2.24, 2.45) is 0 Å². The minimum atomic E-state index is 0.832. The fourth-order valence-electron chi connectivity index (χ4n) is 4.15. The maximum Gasteiger partial charge on any atom is 0.143 e. The largest absolute Gasteiger partial charge is 0.369 e. The molecular weight excluding hydrogens is 354 g/mol. The third kappa shape index (κ3) is 3.17. The van der Waals surface area contributed by atoms with E-state index in [9.17, 15) is 0 Å². The van der Waals surface area contributed by atoms with E-state index in [4.69, 9.17) is 4.98 Å². The number of benzene rings is 1. The molecule has 1 aromatic carbocycles. The Labute approximate surface area is 164 Å². The van der Waals surface area contributed by atoms with Gasteiger partial charge in [0.05, 0.1) is 5.39 Å². The maximum atomic E-state index is 4.74. The summed E-state index contributed by atoms with van der Waals surface area (Å²) in [5, 5.41) is 4.81. The van der Waals surface area contributed by atoms with Crippen molar-refractivity contribution in [3.8, 4) is 0 Å². The molecule has 5 nitrogen and oxygen atoms in total. The summed E-state index contributed by atoms with van der Waals surface area (Å²) in [5.41, 5.74) is 3.85. The average Bonchev–Trinajstić information content (AvgIpc) is 3.23. The highest BCUT2D eigenvalue weighted by Gasteiger charge is 2.22. The molecule has 2 aliphatic rings. The molecule has 0 radical (unpaired) electrons. The molecule has 6 heteroatoms. The minimum absolute atomic E-state index is 0.832. The number of hydrogen-bond donors (Lipinski definition) is 1. The lowest BCUT2D eigenvalue weighted by Gasteiger charge is -2.34. The lowest BCUT2D eigenvalue weighted by molar-refractivity contribution is 0.313. The number of fused-ring (bicyclic) bond motifs is 3. The Bertz CT molecular complexity index is 970. The van der Waals surface area contributed by atoms with Gasteiger partial charge in [0.1, 0.15) is 16.5 Å². The molecular formula is C21H25N5S. The molecule has 3 heterocycles. The quantitative estimate of drug-likeness (QED) is 0.746. The van der Waals surface area contributed by atoms with E-state index in [1.54, 1.807) is 0 Å². The summed E-state index contributed by atoms with van der Waals surface area (Å²) in [4.78, 5) is 16.9. The van der Waals surface area contributed by atoms with E-state index in [1.165, 1.54) is 34.4 Å². The summed E-state index contributed by atoms with van der Waals surface area (Å²) < 4.78 is 0. The van der Waals surface area contributed by atoms with E-state index in [2.05, 4.69) is 51.4 Å². The Morgan fingerprint density at radius 3 is 2.56 bits per heavy atom. The zero-order valence-corrected chi connectivity index (χ0v) is 16.8. The van der Waals surface area contributed by atoms with E-state index in [1.807, 2.05) is 18.3 Å². The Hall–Kier alpha value is -2.18. The number of hydrogen-bond acceptors (Lipinski definition) is 6. The van der Waals surface area contributed by atoms with E-state index in [0.29, 0.717) is 0 Å². The molecule has 1 aliphatic heterocycles. The third-order valence-electron chi connectivity index (χ3n) is 5.67. The summed E-state index contributed by atoms with van der Waals surface area (Å²) in [6.07, 6.45) is 3.59. The highest BCUT2D eigenvalue weighted by atomic mass is 32.1. The van der Waals surface area contributed by atoms with Gasteiger partial charge in [0.2, 0.25) is 0 Å². The second-order valence-electron chi connectivity index (χ2n) is 7.62. The van der Waals surface area contributed by atoms with Crippen LogP contribution in [0.25, 0.3) is 10.2 Å². The minimum Gasteiger partial charge on any atom is -0.369 e. The van der Waals surface area contributed by atoms with Crippen molar-refractivity contribution in [1.29, 1.82) is 0 Å². The number of aryl methyl sites for hydroxylation is 3. The van der Waals surface area contributed by atoms with Crippen LogP contribution in [0.2, 0.25) is 0 Å². The number of nitrogens with zero attached hydrogens (tertiary/aromatic N) is 4. The van der Waals surface area contributed by atoms with Crippen LogP contribution in [0.3, 0.4) is 0 Å². The molecule has 140 valence electrons. The maximum absolute atomic E-state index is 4.74. The summed E-state index contributed by atoms with van der Waals surface area (Å²) in [6.45, 7) is 6.42. The predicted octanol–water partition coefficient (Wildman–Crippen LogP) is 3.98. The van der Waals surface area contributed by atoms with Crippen molar-refractivity contribution in [3.63, 3.8) is 0 Å². The Balaban J connectivity index is 1.42. The molecule has 2 aromatic heterocycles. The lowest BCUT2D eigenvalue weighted by atomic mass is 10.2. The molecule has 5 rings (SSSR count). The number of nitrogens with one attached hydrogen (secondary N) is 1. The topological polar surface area (TPSA) is 44.3 Å². The second-order valence-corrected chi connectivity index (χ2v) is 8.70. The predicted molar refractivity (Wildman–Crippen MR) is 114 cm³/mol. The zero-order valence-electron chi connectivity index (χ0n) is 16.0. The van der Waals surface area contributed by atoms with Gasteiger partial charge in [-0.1, -0.05) is 0 Å². The number of aromatic nitrogens is 2. The number of piperazine rings is 1. The van der Waals surface area contributed by atoms with Gasteiger partial charge in [-0.25, -0.2) is 9.97 Å². The van der Waals surface area contributed by atoms with Gasteiger partial charge in [-0.2, -0.15) is 0 Å². The SMILES string of the molecule is Cc1nc(Nc2ccc(N3CCN(C)CC3)cc2)c2c3c(sc2n1)CCC3. The van der Waals surface area contributed by atoms with Gasteiger partial charge in [0, 0.05) is 42.4 Å². The van der Waals surface area contributed by atoms with Crippen molar-refractivity contribution in [1.82, 2.24) is 14.9 Å². The second kappa shape index (κ2) is 6.77. The normalized spacial score (nSPS) is 17.5. The van der Waals surface area contributed by atoms with E-state index < -0.39 is 0 Å². The highest BCUT2D eigenvalue weighted by molar-refractivity contribution is 7.19. The van der Waals surface area contributed by atoms with Crippen LogP contribution >= 0.6 is 11.3 Å². The first-order chi connectivity index (χ1) is 13.2. The standard InChI is InChI=1S/C21H25N5S/c1-14-22-20(19-17-4-3-5-18(17)27-21(19)23-14)24-15-6-8-16(9-7-15)26-12-10-25(2)11-13-26/h6-9H,3-5,10-13H2,1-2H3,(H,22,23,24). The van der Waals surface area contributed by atoms with Gasteiger partial charge >= 0.3 is 0 Å². The van der Waals surface area contributed by atoms with Crippen molar-refractivity contribution >= 4 is 38.7 Å². The summed E-state index contributed by atoms with van der Waals surface area (Å²) in [5.74, 6) is 1.79. The summed E-state index contributed by atoms with van der Waals surface area (Å²) >= 11 is 1.84. The molecule has 1 aliphatic carbocycles. The van der Waals surface area contributed by atoms with E-state index in [-0.39, 0.29) is 0 Å². The first-order valence-corrected chi connectivity index (χ1v) is 10.6. The van der Waals surface area contributed by atoms with Gasteiger partial charge in [0.25, 0.3) is 0 Å². The molecule has 0 bridgehead atoms. The molecule has 3 aromatic rings. The van der Waals surface area contributed by atoms with Crippen molar-refractivity contribution in [2.75, 3.05) is 43.4 Å². The van der Waals surface area contributed by atoms with E-state index in [0.717, 1.165) is 54.8 Å². The van der Waals surface area contributed by atoms with Gasteiger partial charge in [-0.3, -0.25) is 0 Å². The molecule has 0 spiro atoms. The van der Waals surface area contributed by atoms with Crippen LogP contribution < -0.4 is 10.2 Å². The molecule has 1 saturated heterocycles. The van der Waals surface area contributed by atoms with Crippen LogP contribution in [0.15, 0.2) is 24.3 Å².